The summed E-state index contributed by atoms with van der Waals surface area (Å²) >= 11 is 0. The van der Waals surface area contributed by atoms with E-state index in [1.807, 2.05) is 0 Å². The van der Waals surface area contributed by atoms with Gasteiger partial charge in [-0.05, 0) is 36.2 Å². The monoisotopic (exact) mass is 333 g/mol. The van der Waals surface area contributed by atoms with Crippen LogP contribution in [0.1, 0.15) is 28.4 Å². The van der Waals surface area contributed by atoms with E-state index in [2.05, 4.69) is 0 Å². The van der Waals surface area contributed by atoms with Crippen LogP contribution in [-0.2, 0) is 0 Å². The number of aliphatic hydroxyl groups excluding tert-OH is 1. The molecule has 1 amide bonds. The Labute approximate surface area is 138 Å². The second-order valence-corrected chi connectivity index (χ2v) is 5.74. The number of hydrogen-bond acceptors (Lipinski definition) is 3. The number of carbonyl (C=O) groups is 1. The van der Waals surface area contributed by atoms with Crippen LogP contribution in [0.3, 0.4) is 0 Å². The lowest BCUT2D eigenvalue weighted by Crippen LogP contribution is -2.32. The van der Waals surface area contributed by atoms with Gasteiger partial charge < -0.3 is 14.7 Å². The first-order valence-electron chi connectivity index (χ1n) is 7.58. The molecule has 24 heavy (non-hydrogen) atoms. The van der Waals surface area contributed by atoms with E-state index in [0.29, 0.717) is 12.0 Å². The van der Waals surface area contributed by atoms with Crippen molar-refractivity contribution in [3.63, 3.8) is 0 Å². The normalized spacial score (nSPS) is 20.2. The van der Waals surface area contributed by atoms with E-state index in [9.17, 15) is 18.7 Å². The van der Waals surface area contributed by atoms with E-state index in [4.69, 9.17) is 4.74 Å². The molecule has 3 rings (SSSR count). The second kappa shape index (κ2) is 6.57. The van der Waals surface area contributed by atoms with Crippen molar-refractivity contribution in [2.75, 3.05) is 13.7 Å². The van der Waals surface area contributed by atoms with E-state index in [1.54, 1.807) is 12.1 Å². The number of aliphatic hydroxyl groups is 1. The average molecular weight is 333 g/mol. The van der Waals surface area contributed by atoms with Gasteiger partial charge in [-0.1, -0.05) is 18.2 Å². The third-order valence-corrected chi connectivity index (χ3v) is 4.21. The molecule has 4 nitrogen and oxygen atoms in total. The summed E-state index contributed by atoms with van der Waals surface area (Å²) in [6, 6.07) is 9.66. The zero-order chi connectivity index (χ0) is 17.3. The van der Waals surface area contributed by atoms with E-state index >= 15 is 0 Å². The van der Waals surface area contributed by atoms with Crippen molar-refractivity contribution in [2.24, 2.45) is 0 Å². The van der Waals surface area contributed by atoms with Gasteiger partial charge in [0.1, 0.15) is 5.82 Å². The van der Waals surface area contributed by atoms with Crippen molar-refractivity contribution in [1.29, 1.82) is 0 Å². The quantitative estimate of drug-likeness (QED) is 0.940. The van der Waals surface area contributed by atoms with Crippen LogP contribution in [0.5, 0.6) is 5.75 Å². The second-order valence-electron chi connectivity index (χ2n) is 5.74. The van der Waals surface area contributed by atoms with Crippen molar-refractivity contribution in [3.05, 3.63) is 65.2 Å². The number of ether oxygens (including phenoxy) is 1. The molecule has 1 N–H and O–H groups in total. The molecule has 0 saturated carbocycles. The number of rotatable bonds is 3. The number of nitrogens with zero attached hydrogens (tertiary/aromatic N) is 1. The molecule has 2 aromatic carbocycles. The third kappa shape index (κ3) is 2.97. The van der Waals surface area contributed by atoms with Gasteiger partial charge in [0.15, 0.2) is 11.6 Å². The predicted molar refractivity (Wildman–Crippen MR) is 83.8 cm³/mol. The Morgan fingerprint density at radius 3 is 2.58 bits per heavy atom. The van der Waals surface area contributed by atoms with Crippen LogP contribution in [0.25, 0.3) is 0 Å². The molecule has 6 heteroatoms. The average Bonchev–Trinajstić information content (AvgIpc) is 2.97. The zero-order valence-corrected chi connectivity index (χ0v) is 13.1. The highest BCUT2D eigenvalue weighted by atomic mass is 19.1. The summed E-state index contributed by atoms with van der Waals surface area (Å²) < 4.78 is 32.4. The topological polar surface area (TPSA) is 49.8 Å². The molecule has 2 atom stereocenters. The molecule has 0 spiro atoms. The van der Waals surface area contributed by atoms with Crippen molar-refractivity contribution >= 4 is 5.91 Å². The fourth-order valence-corrected chi connectivity index (χ4v) is 3.03. The Morgan fingerprint density at radius 1 is 1.21 bits per heavy atom. The lowest BCUT2D eigenvalue weighted by atomic mass is 10.0. The standard InChI is InChI=1S/C18H17F2NO3/c1-24-16-4-2-3-14(17(16)20)18(23)21-10-13(22)9-15(21)11-5-7-12(19)8-6-11/h2-8,13,15,22H,9-10H2,1H3/t13-,15+/m1/s1. The number of benzene rings is 2. The minimum Gasteiger partial charge on any atom is -0.494 e. The molecule has 0 radical (unpaired) electrons. The smallest absolute Gasteiger partial charge is 0.257 e. The minimum absolute atomic E-state index is 0.0149. The van der Waals surface area contributed by atoms with Gasteiger partial charge >= 0.3 is 0 Å². The number of methoxy groups -OCH3 is 1. The van der Waals surface area contributed by atoms with Crippen LogP contribution in [0.2, 0.25) is 0 Å². The maximum Gasteiger partial charge on any atom is 0.257 e. The number of carbonyl (C=O) groups excluding carboxylic acids is 1. The number of halogens is 2. The van der Waals surface area contributed by atoms with Gasteiger partial charge in [0.25, 0.3) is 5.91 Å². The van der Waals surface area contributed by atoms with Crippen LogP contribution in [0.15, 0.2) is 42.5 Å². The highest BCUT2D eigenvalue weighted by molar-refractivity contribution is 5.95. The van der Waals surface area contributed by atoms with Gasteiger partial charge in [0, 0.05) is 6.54 Å². The lowest BCUT2D eigenvalue weighted by molar-refractivity contribution is 0.0710. The SMILES string of the molecule is COc1cccc(C(=O)N2C[C@H](O)C[C@H]2c2ccc(F)cc2)c1F. The van der Waals surface area contributed by atoms with Crippen molar-refractivity contribution in [3.8, 4) is 5.75 Å². The van der Waals surface area contributed by atoms with E-state index in [-0.39, 0.29) is 23.7 Å². The molecule has 2 aromatic rings. The molecule has 126 valence electrons. The number of β-amino-alcohol motifs (C(OH)–C–C–N with tert-alkyl or cyclic N) is 1. The van der Waals surface area contributed by atoms with Gasteiger partial charge in [-0.25, -0.2) is 8.78 Å². The molecule has 0 bridgehead atoms. The fraction of sp³-hybridized carbons (Fsp3) is 0.278. The molecule has 1 aliphatic rings. The molecular weight excluding hydrogens is 316 g/mol. The van der Waals surface area contributed by atoms with Crippen LogP contribution in [0, 0.1) is 11.6 Å². The Morgan fingerprint density at radius 2 is 1.92 bits per heavy atom. The molecule has 1 aliphatic heterocycles. The fourth-order valence-electron chi connectivity index (χ4n) is 3.03. The zero-order valence-electron chi connectivity index (χ0n) is 13.1. The van der Waals surface area contributed by atoms with Crippen LogP contribution < -0.4 is 4.74 Å². The number of hydrogen-bond donors (Lipinski definition) is 1. The maximum atomic E-state index is 14.4. The Hall–Kier alpha value is -2.47. The molecule has 1 saturated heterocycles. The molecular formula is C18H17F2NO3. The number of amides is 1. The van der Waals surface area contributed by atoms with Gasteiger partial charge in [-0.3, -0.25) is 4.79 Å². The first-order chi connectivity index (χ1) is 11.5. The molecule has 0 aromatic heterocycles. The summed E-state index contributed by atoms with van der Waals surface area (Å²) in [4.78, 5) is 14.2. The highest BCUT2D eigenvalue weighted by Gasteiger charge is 2.36. The predicted octanol–water partition coefficient (Wildman–Crippen LogP) is 2.92. The molecule has 1 heterocycles. The highest BCUT2D eigenvalue weighted by Crippen LogP contribution is 2.34. The first kappa shape index (κ1) is 16.4. The Kier molecular flexibility index (Phi) is 4.49. The van der Waals surface area contributed by atoms with Crippen LogP contribution in [0.4, 0.5) is 8.78 Å². The van der Waals surface area contributed by atoms with E-state index in [0.717, 1.165) is 0 Å². The maximum absolute atomic E-state index is 14.4. The van der Waals surface area contributed by atoms with Gasteiger partial charge in [0.05, 0.1) is 24.8 Å². The first-order valence-corrected chi connectivity index (χ1v) is 7.58. The Balaban J connectivity index is 1.94. The van der Waals surface area contributed by atoms with Crippen molar-refractivity contribution in [2.45, 2.75) is 18.6 Å². The van der Waals surface area contributed by atoms with Crippen molar-refractivity contribution < 1.29 is 23.4 Å². The van der Waals surface area contributed by atoms with Gasteiger partial charge in [-0.2, -0.15) is 0 Å². The minimum atomic E-state index is -0.732. The van der Waals surface area contributed by atoms with E-state index in [1.165, 1.54) is 42.3 Å². The third-order valence-electron chi connectivity index (χ3n) is 4.21. The Bertz CT molecular complexity index is 748. The largest absolute Gasteiger partial charge is 0.494 e. The summed E-state index contributed by atoms with van der Waals surface area (Å²) in [5.74, 6) is -1.66. The summed E-state index contributed by atoms with van der Waals surface area (Å²) in [5.41, 5.74) is 0.583. The molecule has 1 fully saturated rings. The summed E-state index contributed by atoms with van der Waals surface area (Å²) in [7, 11) is 1.33. The van der Waals surface area contributed by atoms with Crippen molar-refractivity contribution in [1.82, 2.24) is 4.90 Å². The van der Waals surface area contributed by atoms with Crippen LogP contribution >= 0.6 is 0 Å². The van der Waals surface area contributed by atoms with Gasteiger partial charge in [0.2, 0.25) is 0 Å². The van der Waals surface area contributed by atoms with E-state index < -0.39 is 23.9 Å². The van der Waals surface area contributed by atoms with Gasteiger partial charge in [-0.15, -0.1) is 0 Å². The summed E-state index contributed by atoms with van der Waals surface area (Å²) in [6.07, 6.45) is -0.388. The summed E-state index contributed by atoms with van der Waals surface area (Å²) in [6.45, 7) is 0.0948. The molecule has 0 aliphatic carbocycles. The van der Waals surface area contributed by atoms with Crippen LogP contribution in [-0.4, -0.2) is 35.7 Å². The molecule has 0 unspecified atom stereocenters. The lowest BCUT2D eigenvalue weighted by Gasteiger charge is -2.25. The number of likely N-dealkylation sites (tertiary alicyclic amines) is 1. The summed E-state index contributed by atoms with van der Waals surface area (Å²) in [5, 5.41) is 9.97.